The van der Waals surface area contributed by atoms with Gasteiger partial charge in [0.05, 0.1) is 11.8 Å². The summed E-state index contributed by atoms with van der Waals surface area (Å²) in [6, 6.07) is 1.87. The van der Waals surface area contributed by atoms with E-state index in [1.54, 1.807) is 0 Å². The van der Waals surface area contributed by atoms with Crippen molar-refractivity contribution in [2.75, 3.05) is 13.1 Å². The van der Waals surface area contributed by atoms with Crippen LogP contribution in [0.1, 0.15) is 29.6 Å². The van der Waals surface area contributed by atoms with Gasteiger partial charge < -0.3 is 10.6 Å². The van der Waals surface area contributed by atoms with Gasteiger partial charge in [-0.2, -0.15) is 0 Å². The van der Waals surface area contributed by atoms with Crippen molar-refractivity contribution in [2.45, 2.75) is 25.3 Å². The molecule has 1 amide bonds. The molecule has 0 radical (unpaired) electrons. The number of carbonyl (C=O) groups excluding carboxylic acids is 1. The van der Waals surface area contributed by atoms with Crippen molar-refractivity contribution in [1.29, 1.82) is 0 Å². The van der Waals surface area contributed by atoms with Gasteiger partial charge in [-0.25, -0.2) is 4.39 Å². The highest BCUT2D eigenvalue weighted by Crippen LogP contribution is 2.08. The van der Waals surface area contributed by atoms with Gasteiger partial charge in [0.1, 0.15) is 0 Å². The van der Waals surface area contributed by atoms with Crippen molar-refractivity contribution in [1.82, 2.24) is 15.6 Å². The highest BCUT2D eigenvalue weighted by molar-refractivity contribution is 5.94. The summed E-state index contributed by atoms with van der Waals surface area (Å²) in [7, 11) is 0. The van der Waals surface area contributed by atoms with Crippen LogP contribution in [-0.4, -0.2) is 30.0 Å². The second kappa shape index (κ2) is 5.72. The van der Waals surface area contributed by atoms with Crippen molar-refractivity contribution in [2.24, 2.45) is 0 Å². The molecule has 92 valence electrons. The Balaban J connectivity index is 1.79. The number of nitrogens with zero attached hydrogens (tertiary/aromatic N) is 1. The van der Waals surface area contributed by atoms with E-state index in [4.69, 9.17) is 0 Å². The normalized spacial score (nSPS) is 19.2. The molecule has 0 aromatic carbocycles. The number of hydrogen-bond acceptors (Lipinski definition) is 3. The second-order valence-corrected chi connectivity index (χ2v) is 4.19. The number of aromatic nitrogens is 1. The van der Waals surface area contributed by atoms with Crippen LogP contribution in [-0.2, 0) is 0 Å². The van der Waals surface area contributed by atoms with Crippen molar-refractivity contribution in [3.05, 3.63) is 29.8 Å². The molecule has 1 fully saturated rings. The first-order valence-electron chi connectivity index (χ1n) is 5.88. The minimum absolute atomic E-state index is 0.0550. The number of hydrogen-bond donors (Lipinski definition) is 2. The molecule has 4 nitrogen and oxygen atoms in total. The van der Waals surface area contributed by atoms with Crippen LogP contribution in [0.25, 0.3) is 0 Å². The minimum Gasteiger partial charge on any atom is -0.352 e. The van der Waals surface area contributed by atoms with Gasteiger partial charge in [0.15, 0.2) is 5.82 Å². The van der Waals surface area contributed by atoms with Crippen LogP contribution in [0.5, 0.6) is 0 Å². The van der Waals surface area contributed by atoms with Gasteiger partial charge in [0.2, 0.25) is 0 Å². The summed E-state index contributed by atoms with van der Waals surface area (Å²) < 4.78 is 13.2. The Morgan fingerprint density at radius 3 is 3.24 bits per heavy atom. The predicted octanol–water partition coefficient (Wildman–Crippen LogP) is 1.09. The third-order valence-electron chi connectivity index (χ3n) is 2.96. The molecule has 1 atom stereocenters. The van der Waals surface area contributed by atoms with E-state index in [1.165, 1.54) is 18.7 Å². The number of pyridine rings is 1. The lowest BCUT2D eigenvalue weighted by Gasteiger charge is -2.10. The smallest absolute Gasteiger partial charge is 0.254 e. The molecule has 0 bridgehead atoms. The molecule has 1 saturated heterocycles. The molecule has 1 aromatic heterocycles. The fraction of sp³-hybridized carbons (Fsp3) is 0.500. The van der Waals surface area contributed by atoms with Crippen molar-refractivity contribution in [3.63, 3.8) is 0 Å². The average Bonchev–Trinajstić information content (AvgIpc) is 2.82. The van der Waals surface area contributed by atoms with Gasteiger partial charge in [-0.1, -0.05) is 0 Å². The number of nitrogens with one attached hydrogen (secondary N) is 2. The van der Waals surface area contributed by atoms with Gasteiger partial charge in [0.25, 0.3) is 5.91 Å². The van der Waals surface area contributed by atoms with E-state index in [0.29, 0.717) is 12.6 Å². The third kappa shape index (κ3) is 3.23. The van der Waals surface area contributed by atoms with Crippen LogP contribution in [0.3, 0.4) is 0 Å². The van der Waals surface area contributed by atoms with Crippen molar-refractivity contribution < 1.29 is 9.18 Å². The largest absolute Gasteiger partial charge is 0.352 e. The van der Waals surface area contributed by atoms with Crippen LogP contribution in [0, 0.1) is 5.82 Å². The predicted molar refractivity (Wildman–Crippen MR) is 62.2 cm³/mol. The maximum Gasteiger partial charge on any atom is 0.254 e. The summed E-state index contributed by atoms with van der Waals surface area (Å²) in [6.45, 7) is 1.62. The summed E-state index contributed by atoms with van der Waals surface area (Å²) in [4.78, 5) is 15.2. The lowest BCUT2D eigenvalue weighted by atomic mass is 10.1. The van der Waals surface area contributed by atoms with Gasteiger partial charge in [-0.3, -0.25) is 9.78 Å². The fourth-order valence-electron chi connectivity index (χ4n) is 2.02. The molecule has 1 aliphatic heterocycles. The quantitative estimate of drug-likeness (QED) is 0.824. The van der Waals surface area contributed by atoms with Gasteiger partial charge in [-0.15, -0.1) is 0 Å². The van der Waals surface area contributed by atoms with Crippen LogP contribution in [0.2, 0.25) is 0 Å². The Labute approximate surface area is 99.6 Å². The number of rotatable bonds is 4. The number of halogens is 1. The van der Waals surface area contributed by atoms with E-state index in [9.17, 15) is 9.18 Å². The molecule has 17 heavy (non-hydrogen) atoms. The van der Waals surface area contributed by atoms with Crippen LogP contribution >= 0.6 is 0 Å². The first kappa shape index (κ1) is 12.0. The highest BCUT2D eigenvalue weighted by Gasteiger charge is 2.15. The number of amides is 1. The molecule has 0 aliphatic carbocycles. The Bertz CT molecular complexity index is 391. The SMILES string of the molecule is O=C(NCC[C@@H]1CCCN1)c1ccncc1F. The van der Waals surface area contributed by atoms with E-state index in [1.807, 2.05) is 0 Å². The summed E-state index contributed by atoms with van der Waals surface area (Å²) >= 11 is 0. The first-order valence-corrected chi connectivity index (χ1v) is 5.88. The zero-order chi connectivity index (χ0) is 12.1. The van der Waals surface area contributed by atoms with Crippen LogP contribution in [0.15, 0.2) is 18.5 Å². The molecular formula is C12H16FN3O. The van der Waals surface area contributed by atoms with E-state index in [2.05, 4.69) is 15.6 Å². The lowest BCUT2D eigenvalue weighted by molar-refractivity contribution is 0.0948. The topological polar surface area (TPSA) is 54.0 Å². The Morgan fingerprint density at radius 2 is 2.53 bits per heavy atom. The van der Waals surface area contributed by atoms with Gasteiger partial charge >= 0.3 is 0 Å². The maximum absolute atomic E-state index is 13.2. The summed E-state index contributed by atoms with van der Waals surface area (Å²) in [6.07, 6.45) is 5.69. The molecule has 0 spiro atoms. The minimum atomic E-state index is -0.580. The third-order valence-corrected chi connectivity index (χ3v) is 2.96. The van der Waals surface area contributed by atoms with Crippen molar-refractivity contribution in [3.8, 4) is 0 Å². The summed E-state index contributed by atoms with van der Waals surface area (Å²) in [5, 5.41) is 6.07. The van der Waals surface area contributed by atoms with E-state index in [0.717, 1.165) is 25.6 Å². The molecule has 2 N–H and O–H groups in total. The summed E-state index contributed by atoms with van der Waals surface area (Å²) in [5.74, 6) is -0.952. The van der Waals surface area contributed by atoms with Crippen LogP contribution < -0.4 is 10.6 Å². The van der Waals surface area contributed by atoms with Crippen molar-refractivity contribution >= 4 is 5.91 Å². The first-order chi connectivity index (χ1) is 8.27. The molecule has 1 aromatic rings. The molecular weight excluding hydrogens is 221 g/mol. The molecule has 0 unspecified atom stereocenters. The van der Waals surface area contributed by atoms with Gasteiger partial charge in [0, 0.05) is 18.8 Å². The monoisotopic (exact) mass is 237 g/mol. The van der Waals surface area contributed by atoms with Crippen LogP contribution in [0.4, 0.5) is 4.39 Å². The van der Waals surface area contributed by atoms with E-state index < -0.39 is 5.82 Å². The standard InChI is InChI=1S/C12H16FN3O/c13-11-8-14-6-4-10(11)12(17)16-7-3-9-2-1-5-15-9/h4,6,8-9,15H,1-3,5,7H2,(H,16,17)/t9-/m0/s1. The fourth-order valence-corrected chi connectivity index (χ4v) is 2.02. The second-order valence-electron chi connectivity index (χ2n) is 4.19. The van der Waals surface area contributed by atoms with E-state index in [-0.39, 0.29) is 11.5 Å². The highest BCUT2D eigenvalue weighted by atomic mass is 19.1. The molecule has 0 saturated carbocycles. The average molecular weight is 237 g/mol. The Kier molecular flexibility index (Phi) is 4.03. The molecule has 2 rings (SSSR count). The maximum atomic E-state index is 13.2. The van der Waals surface area contributed by atoms with Gasteiger partial charge in [-0.05, 0) is 31.9 Å². The lowest BCUT2D eigenvalue weighted by Crippen LogP contribution is -2.31. The molecule has 1 aliphatic rings. The number of carbonyl (C=O) groups is 1. The zero-order valence-corrected chi connectivity index (χ0v) is 9.58. The Morgan fingerprint density at radius 1 is 1.65 bits per heavy atom. The zero-order valence-electron chi connectivity index (χ0n) is 9.58. The Hall–Kier alpha value is -1.49. The summed E-state index contributed by atoms with van der Waals surface area (Å²) in [5.41, 5.74) is 0.0550. The molecule has 5 heteroatoms. The molecule has 2 heterocycles. The van der Waals surface area contributed by atoms with E-state index >= 15 is 0 Å².